The van der Waals surface area contributed by atoms with E-state index in [-0.39, 0.29) is 11.9 Å². The van der Waals surface area contributed by atoms with Crippen LogP contribution in [0.4, 0.5) is 0 Å². The van der Waals surface area contributed by atoms with E-state index in [0.717, 1.165) is 13.1 Å². The lowest BCUT2D eigenvalue weighted by molar-refractivity contribution is 0.0934. The van der Waals surface area contributed by atoms with Crippen molar-refractivity contribution in [2.24, 2.45) is 0 Å². The van der Waals surface area contributed by atoms with Gasteiger partial charge in [0.2, 0.25) is 5.75 Å². The molecular formula is C22H30N2O4. The number of amides is 1. The number of hydrogen-bond donors (Lipinski definition) is 1. The number of nitrogens with zero attached hydrogens (tertiary/aromatic N) is 1. The van der Waals surface area contributed by atoms with Crippen molar-refractivity contribution in [1.29, 1.82) is 0 Å². The zero-order valence-electron chi connectivity index (χ0n) is 17.3. The average molecular weight is 386 g/mol. The van der Waals surface area contributed by atoms with E-state index in [2.05, 4.69) is 36.2 Å². The minimum absolute atomic E-state index is 0.0992. The summed E-state index contributed by atoms with van der Waals surface area (Å²) < 4.78 is 16.0. The molecule has 2 rings (SSSR count). The number of likely N-dealkylation sites (N-methyl/N-ethyl adjacent to an activating group) is 1. The van der Waals surface area contributed by atoms with Crippen molar-refractivity contribution in [2.75, 3.05) is 41.0 Å². The zero-order chi connectivity index (χ0) is 20.5. The second-order valence-electron chi connectivity index (χ2n) is 6.27. The molecule has 1 amide bonds. The molecule has 0 saturated carbocycles. The fraction of sp³-hybridized carbons (Fsp3) is 0.409. The van der Waals surface area contributed by atoms with Gasteiger partial charge in [0.15, 0.2) is 11.5 Å². The summed E-state index contributed by atoms with van der Waals surface area (Å²) in [5.41, 5.74) is 1.64. The van der Waals surface area contributed by atoms with Crippen LogP contribution in [0, 0.1) is 0 Å². The first-order valence-electron chi connectivity index (χ1n) is 9.46. The molecular weight excluding hydrogens is 356 g/mol. The first kappa shape index (κ1) is 21.6. The van der Waals surface area contributed by atoms with E-state index in [1.165, 1.54) is 26.9 Å². The Labute approximate surface area is 167 Å². The Morgan fingerprint density at radius 2 is 1.54 bits per heavy atom. The number of hydrogen-bond acceptors (Lipinski definition) is 5. The molecule has 2 aromatic carbocycles. The van der Waals surface area contributed by atoms with Crippen LogP contribution in [0.25, 0.3) is 0 Å². The van der Waals surface area contributed by atoms with Crippen LogP contribution < -0.4 is 19.5 Å². The topological polar surface area (TPSA) is 60.0 Å². The highest BCUT2D eigenvalue weighted by molar-refractivity contribution is 5.95. The molecule has 6 nitrogen and oxygen atoms in total. The molecule has 0 aliphatic heterocycles. The molecule has 0 unspecified atom stereocenters. The zero-order valence-corrected chi connectivity index (χ0v) is 17.3. The second-order valence-corrected chi connectivity index (χ2v) is 6.27. The molecule has 0 fully saturated rings. The highest BCUT2D eigenvalue weighted by Gasteiger charge is 2.21. The summed E-state index contributed by atoms with van der Waals surface area (Å²) in [7, 11) is 4.60. The standard InChI is InChI=1S/C22H30N2O4/c1-6-24(7-2)18(16-11-9-8-10-12-16)15-23-22(25)17-13-19(26-3)21(28-5)20(14-17)27-4/h8-14,18H,6-7,15H2,1-5H3,(H,23,25)/t18-/m1/s1. The van der Waals surface area contributed by atoms with Gasteiger partial charge in [-0.1, -0.05) is 44.2 Å². The van der Waals surface area contributed by atoms with Crippen LogP contribution in [-0.2, 0) is 0 Å². The predicted molar refractivity (Wildman–Crippen MR) is 111 cm³/mol. The smallest absolute Gasteiger partial charge is 0.251 e. The third-order valence-electron chi connectivity index (χ3n) is 4.82. The number of nitrogens with one attached hydrogen (secondary N) is 1. The number of methoxy groups -OCH3 is 3. The van der Waals surface area contributed by atoms with Gasteiger partial charge >= 0.3 is 0 Å². The molecule has 1 N–H and O–H groups in total. The van der Waals surface area contributed by atoms with Crippen molar-refractivity contribution in [3.05, 3.63) is 53.6 Å². The van der Waals surface area contributed by atoms with Crippen LogP contribution in [0.3, 0.4) is 0 Å². The lowest BCUT2D eigenvalue weighted by Crippen LogP contribution is -2.38. The van der Waals surface area contributed by atoms with Gasteiger partial charge in [0.25, 0.3) is 5.91 Å². The molecule has 0 radical (unpaired) electrons. The minimum atomic E-state index is -0.188. The van der Waals surface area contributed by atoms with Crippen LogP contribution in [0.15, 0.2) is 42.5 Å². The van der Waals surface area contributed by atoms with Crippen LogP contribution >= 0.6 is 0 Å². The Morgan fingerprint density at radius 3 is 2.00 bits per heavy atom. The predicted octanol–water partition coefficient (Wildman–Crippen LogP) is 3.53. The Hall–Kier alpha value is -2.73. The maximum atomic E-state index is 12.8. The fourth-order valence-corrected chi connectivity index (χ4v) is 3.30. The monoisotopic (exact) mass is 386 g/mol. The first-order valence-corrected chi connectivity index (χ1v) is 9.46. The second kappa shape index (κ2) is 10.6. The molecule has 0 aromatic heterocycles. The van der Waals surface area contributed by atoms with Crippen LogP contribution in [0.1, 0.15) is 35.8 Å². The molecule has 2 aromatic rings. The van der Waals surface area contributed by atoms with Gasteiger partial charge in [-0.2, -0.15) is 0 Å². The van der Waals surface area contributed by atoms with E-state index in [0.29, 0.717) is 29.4 Å². The van der Waals surface area contributed by atoms with Gasteiger partial charge in [-0.15, -0.1) is 0 Å². The van der Waals surface area contributed by atoms with E-state index in [9.17, 15) is 4.79 Å². The maximum absolute atomic E-state index is 12.8. The summed E-state index contributed by atoms with van der Waals surface area (Å²) >= 11 is 0. The van der Waals surface area contributed by atoms with Gasteiger partial charge < -0.3 is 19.5 Å². The van der Waals surface area contributed by atoms with Crippen molar-refractivity contribution in [3.8, 4) is 17.2 Å². The Morgan fingerprint density at radius 1 is 0.964 bits per heavy atom. The van der Waals surface area contributed by atoms with Gasteiger partial charge in [-0.05, 0) is 30.8 Å². The average Bonchev–Trinajstić information content (AvgIpc) is 2.75. The number of ether oxygens (including phenoxy) is 3. The van der Waals surface area contributed by atoms with E-state index < -0.39 is 0 Å². The lowest BCUT2D eigenvalue weighted by Gasteiger charge is -2.30. The van der Waals surface area contributed by atoms with Gasteiger partial charge in [0, 0.05) is 12.1 Å². The van der Waals surface area contributed by atoms with Gasteiger partial charge in [0.05, 0.1) is 27.4 Å². The van der Waals surface area contributed by atoms with Crippen molar-refractivity contribution in [1.82, 2.24) is 10.2 Å². The summed E-state index contributed by atoms with van der Waals surface area (Å²) in [6.45, 7) is 6.55. The summed E-state index contributed by atoms with van der Waals surface area (Å²) in [5.74, 6) is 1.19. The number of carbonyl (C=O) groups excluding carboxylic acids is 1. The van der Waals surface area contributed by atoms with Gasteiger partial charge in [0.1, 0.15) is 0 Å². The molecule has 0 aliphatic rings. The van der Waals surface area contributed by atoms with E-state index in [1.807, 2.05) is 18.2 Å². The lowest BCUT2D eigenvalue weighted by atomic mass is 10.0. The molecule has 152 valence electrons. The summed E-state index contributed by atoms with van der Waals surface area (Å²) in [6, 6.07) is 13.6. The highest BCUT2D eigenvalue weighted by Crippen LogP contribution is 2.38. The Bertz CT molecular complexity index is 735. The van der Waals surface area contributed by atoms with E-state index in [1.54, 1.807) is 12.1 Å². The quantitative estimate of drug-likeness (QED) is 0.677. The number of rotatable bonds is 10. The molecule has 0 aliphatic carbocycles. The number of carbonyl (C=O) groups is 1. The molecule has 28 heavy (non-hydrogen) atoms. The van der Waals surface area contributed by atoms with Crippen molar-refractivity contribution in [2.45, 2.75) is 19.9 Å². The van der Waals surface area contributed by atoms with Crippen LogP contribution in [-0.4, -0.2) is 51.8 Å². The first-order chi connectivity index (χ1) is 13.6. The summed E-state index contributed by atoms with van der Waals surface area (Å²) in [4.78, 5) is 15.2. The maximum Gasteiger partial charge on any atom is 0.251 e. The highest BCUT2D eigenvalue weighted by atomic mass is 16.5. The van der Waals surface area contributed by atoms with E-state index >= 15 is 0 Å². The van der Waals surface area contributed by atoms with Crippen LogP contribution in [0.5, 0.6) is 17.2 Å². The Balaban J connectivity index is 2.23. The van der Waals surface area contributed by atoms with Crippen molar-refractivity contribution in [3.63, 3.8) is 0 Å². The third-order valence-corrected chi connectivity index (χ3v) is 4.82. The van der Waals surface area contributed by atoms with E-state index in [4.69, 9.17) is 14.2 Å². The molecule has 0 heterocycles. The van der Waals surface area contributed by atoms with Crippen LogP contribution in [0.2, 0.25) is 0 Å². The largest absolute Gasteiger partial charge is 0.493 e. The minimum Gasteiger partial charge on any atom is -0.493 e. The van der Waals surface area contributed by atoms with Crippen molar-refractivity contribution < 1.29 is 19.0 Å². The fourth-order valence-electron chi connectivity index (χ4n) is 3.30. The molecule has 0 bridgehead atoms. The summed E-state index contributed by atoms with van der Waals surface area (Å²) in [5, 5.41) is 3.05. The van der Waals surface area contributed by atoms with Gasteiger partial charge in [-0.3, -0.25) is 9.69 Å². The Kier molecular flexibility index (Phi) is 8.14. The summed E-state index contributed by atoms with van der Waals surface area (Å²) in [6.07, 6.45) is 0. The molecule has 6 heteroatoms. The normalized spacial score (nSPS) is 11.8. The van der Waals surface area contributed by atoms with Crippen molar-refractivity contribution >= 4 is 5.91 Å². The molecule has 0 spiro atoms. The molecule has 1 atom stereocenters. The van der Waals surface area contributed by atoms with Gasteiger partial charge in [-0.25, -0.2) is 0 Å². The molecule has 0 saturated heterocycles. The SMILES string of the molecule is CCN(CC)[C@H](CNC(=O)c1cc(OC)c(OC)c(OC)c1)c1ccccc1. The third kappa shape index (κ3) is 4.95. The number of benzene rings is 2.